The lowest BCUT2D eigenvalue weighted by Gasteiger charge is -2.39. The zero-order chi connectivity index (χ0) is 38.9. The molecule has 0 radical (unpaired) electrons. The largest absolute Gasteiger partial charge is 0.335 e. The second-order valence-electron chi connectivity index (χ2n) is 17.7. The van der Waals surface area contributed by atoms with E-state index in [1.54, 1.807) is 0 Å². The summed E-state index contributed by atoms with van der Waals surface area (Å²) in [5, 5.41) is 0. The number of rotatable bonds is 37. The summed E-state index contributed by atoms with van der Waals surface area (Å²) in [7, 11) is 0. The van der Waals surface area contributed by atoms with Gasteiger partial charge in [0.25, 0.3) is 0 Å². The van der Waals surface area contributed by atoms with Gasteiger partial charge in [-0.25, -0.2) is 4.98 Å². The standard InChI is InChI=1S/C53H88N2/c1-4-6-8-10-12-14-16-18-20-21-23-25-27-29-31-39-46-55-47-45-54-52(55)51(44-38-30-28-26-24-22-19-17-15-13-11-9-7-5-2)53(3,50-42-36-33-37-43-50)48-49-40-34-32-35-41-49/h32-37,40-43,45,47,51H,4-31,38-39,44,46,48H2,1-3H3. The summed E-state index contributed by atoms with van der Waals surface area (Å²) in [5.41, 5.74) is 2.85. The van der Waals surface area contributed by atoms with Crippen molar-refractivity contribution in [3.63, 3.8) is 0 Å². The lowest BCUT2D eigenvalue weighted by molar-refractivity contribution is 0.321. The monoisotopic (exact) mass is 753 g/mol. The van der Waals surface area contributed by atoms with Crippen LogP contribution in [0.4, 0.5) is 0 Å². The highest BCUT2D eigenvalue weighted by molar-refractivity contribution is 5.33. The van der Waals surface area contributed by atoms with Gasteiger partial charge in [-0.15, -0.1) is 0 Å². The molecule has 1 aromatic heterocycles. The average molecular weight is 753 g/mol. The number of hydrogen-bond donors (Lipinski definition) is 0. The minimum Gasteiger partial charge on any atom is -0.335 e. The third kappa shape index (κ3) is 20.6. The van der Waals surface area contributed by atoms with Gasteiger partial charge in [0, 0.05) is 30.3 Å². The molecule has 1 heterocycles. The van der Waals surface area contributed by atoms with Crippen molar-refractivity contribution in [1.82, 2.24) is 9.55 Å². The molecule has 2 heteroatoms. The summed E-state index contributed by atoms with van der Waals surface area (Å²) in [4.78, 5) is 5.19. The number of aromatic nitrogens is 2. The van der Waals surface area contributed by atoms with Crippen molar-refractivity contribution in [2.75, 3.05) is 0 Å². The Morgan fingerprint density at radius 1 is 0.473 bits per heavy atom. The average Bonchev–Trinajstić information content (AvgIpc) is 3.67. The van der Waals surface area contributed by atoms with Gasteiger partial charge in [0.05, 0.1) is 0 Å². The Bertz CT molecular complexity index is 1250. The highest BCUT2D eigenvalue weighted by atomic mass is 15.1. The SMILES string of the molecule is CCCCCCCCCCCCCCCCCCn1ccnc1C(CCCCCCCCCCCCCCCC)C(C)(Cc1ccccc1)c1ccccc1. The van der Waals surface area contributed by atoms with Crippen molar-refractivity contribution in [1.29, 1.82) is 0 Å². The van der Waals surface area contributed by atoms with Gasteiger partial charge in [-0.3, -0.25) is 0 Å². The lowest BCUT2D eigenvalue weighted by atomic mass is 9.66. The quantitative estimate of drug-likeness (QED) is 0.0536. The van der Waals surface area contributed by atoms with Crippen molar-refractivity contribution >= 4 is 0 Å². The van der Waals surface area contributed by atoms with Crippen LogP contribution in [0, 0.1) is 0 Å². The second kappa shape index (κ2) is 31.7. The first-order valence-corrected chi connectivity index (χ1v) is 24.3. The summed E-state index contributed by atoms with van der Waals surface area (Å²) in [5.74, 6) is 1.70. The van der Waals surface area contributed by atoms with E-state index in [9.17, 15) is 0 Å². The van der Waals surface area contributed by atoms with Gasteiger partial charge in [0.1, 0.15) is 5.82 Å². The number of imidazole rings is 1. The molecule has 2 atom stereocenters. The molecular weight excluding hydrogens is 665 g/mol. The van der Waals surface area contributed by atoms with Gasteiger partial charge >= 0.3 is 0 Å². The minimum absolute atomic E-state index is 0.0309. The highest BCUT2D eigenvalue weighted by Gasteiger charge is 2.39. The van der Waals surface area contributed by atoms with E-state index in [2.05, 4.69) is 98.4 Å². The Hall–Kier alpha value is -2.35. The van der Waals surface area contributed by atoms with Crippen LogP contribution in [0.2, 0.25) is 0 Å². The molecule has 2 unspecified atom stereocenters. The first-order valence-electron chi connectivity index (χ1n) is 24.3. The maximum atomic E-state index is 5.19. The fraction of sp³-hybridized carbons (Fsp3) is 0.717. The fourth-order valence-corrected chi connectivity index (χ4v) is 9.19. The number of aryl methyl sites for hydroxylation is 1. The van der Waals surface area contributed by atoms with E-state index >= 15 is 0 Å². The Labute approximate surface area is 342 Å². The van der Waals surface area contributed by atoms with Crippen LogP contribution in [0.5, 0.6) is 0 Å². The molecule has 0 spiro atoms. The first-order chi connectivity index (χ1) is 27.2. The molecule has 0 saturated carbocycles. The first kappa shape index (κ1) is 47.0. The number of unbranched alkanes of at least 4 members (excludes halogenated alkanes) is 28. The Balaban J connectivity index is 1.47. The molecule has 0 bridgehead atoms. The van der Waals surface area contributed by atoms with Gasteiger partial charge in [-0.1, -0.05) is 268 Å². The molecule has 0 aliphatic rings. The molecule has 3 rings (SSSR count). The van der Waals surface area contributed by atoms with E-state index < -0.39 is 0 Å². The molecule has 0 N–H and O–H groups in total. The van der Waals surface area contributed by atoms with Crippen LogP contribution in [0.25, 0.3) is 0 Å². The van der Waals surface area contributed by atoms with Gasteiger partial charge in [-0.2, -0.15) is 0 Å². The number of benzene rings is 2. The summed E-state index contributed by atoms with van der Waals surface area (Å²) in [6, 6.07) is 22.6. The predicted molar refractivity (Wildman–Crippen MR) is 243 cm³/mol. The van der Waals surface area contributed by atoms with Gasteiger partial charge < -0.3 is 4.57 Å². The zero-order valence-electron chi connectivity index (χ0n) is 36.7. The van der Waals surface area contributed by atoms with Crippen LogP contribution in [-0.4, -0.2) is 9.55 Å². The number of nitrogens with zero attached hydrogens (tertiary/aromatic N) is 2. The minimum atomic E-state index is -0.0309. The van der Waals surface area contributed by atoms with E-state index in [0.29, 0.717) is 5.92 Å². The van der Waals surface area contributed by atoms with Gasteiger partial charge in [0.15, 0.2) is 0 Å². The molecule has 0 fully saturated rings. The van der Waals surface area contributed by atoms with E-state index in [-0.39, 0.29) is 5.41 Å². The topological polar surface area (TPSA) is 17.8 Å². The molecule has 0 aliphatic carbocycles. The van der Waals surface area contributed by atoms with Gasteiger partial charge in [0.2, 0.25) is 0 Å². The molecule has 0 aliphatic heterocycles. The third-order valence-corrected chi connectivity index (χ3v) is 12.8. The lowest BCUT2D eigenvalue weighted by Crippen LogP contribution is -2.35. The summed E-state index contributed by atoms with van der Waals surface area (Å²) in [6.07, 6.45) is 48.9. The van der Waals surface area contributed by atoms with E-state index in [1.165, 1.54) is 216 Å². The molecular formula is C53H88N2. The third-order valence-electron chi connectivity index (χ3n) is 12.8. The number of hydrogen-bond acceptors (Lipinski definition) is 1. The second-order valence-corrected chi connectivity index (χ2v) is 17.7. The van der Waals surface area contributed by atoms with Crippen molar-refractivity contribution in [3.8, 4) is 0 Å². The van der Waals surface area contributed by atoms with Crippen molar-refractivity contribution < 1.29 is 0 Å². The zero-order valence-corrected chi connectivity index (χ0v) is 36.7. The molecule has 310 valence electrons. The smallest absolute Gasteiger partial charge is 0.112 e. The van der Waals surface area contributed by atoms with Crippen molar-refractivity contribution in [2.45, 2.75) is 244 Å². The molecule has 55 heavy (non-hydrogen) atoms. The maximum Gasteiger partial charge on any atom is 0.112 e. The van der Waals surface area contributed by atoms with Crippen LogP contribution < -0.4 is 0 Å². The van der Waals surface area contributed by atoms with Crippen LogP contribution in [0.15, 0.2) is 73.1 Å². The Morgan fingerprint density at radius 2 is 0.855 bits per heavy atom. The van der Waals surface area contributed by atoms with Crippen molar-refractivity contribution in [3.05, 3.63) is 90.0 Å². The van der Waals surface area contributed by atoms with Crippen LogP contribution in [0.3, 0.4) is 0 Å². The maximum absolute atomic E-state index is 5.19. The molecule has 2 nitrogen and oxygen atoms in total. The van der Waals surface area contributed by atoms with E-state index in [1.807, 2.05) is 0 Å². The molecule has 3 aromatic rings. The highest BCUT2D eigenvalue weighted by Crippen LogP contribution is 2.44. The molecule has 2 aromatic carbocycles. The van der Waals surface area contributed by atoms with E-state index in [0.717, 1.165) is 13.0 Å². The van der Waals surface area contributed by atoms with Crippen molar-refractivity contribution in [2.24, 2.45) is 0 Å². The van der Waals surface area contributed by atoms with Crippen LogP contribution in [-0.2, 0) is 18.4 Å². The molecule has 0 saturated heterocycles. The normalized spacial score (nSPS) is 13.3. The van der Waals surface area contributed by atoms with Crippen LogP contribution in [0.1, 0.15) is 243 Å². The summed E-state index contributed by atoms with van der Waals surface area (Å²) in [6.45, 7) is 8.25. The fourth-order valence-electron chi connectivity index (χ4n) is 9.19. The van der Waals surface area contributed by atoms with E-state index in [4.69, 9.17) is 4.98 Å². The molecule has 0 amide bonds. The summed E-state index contributed by atoms with van der Waals surface area (Å²) >= 11 is 0. The van der Waals surface area contributed by atoms with Gasteiger partial charge in [-0.05, 0) is 30.4 Å². The Morgan fingerprint density at radius 3 is 1.29 bits per heavy atom. The Kier molecular flexibility index (Phi) is 27.1. The predicted octanol–water partition coefficient (Wildman–Crippen LogP) is 17.3. The van der Waals surface area contributed by atoms with Crippen LogP contribution >= 0.6 is 0 Å². The summed E-state index contributed by atoms with van der Waals surface area (Å²) < 4.78 is 2.55.